The number of carboxylic acid groups (broad SMARTS) is 1. The van der Waals surface area contributed by atoms with E-state index in [1.54, 1.807) is 12.1 Å². The van der Waals surface area contributed by atoms with Crippen molar-refractivity contribution in [3.8, 4) is 0 Å². The number of rotatable bonds is 4. The highest BCUT2D eigenvalue weighted by molar-refractivity contribution is 7.89. The van der Waals surface area contributed by atoms with Gasteiger partial charge in [0.25, 0.3) is 0 Å². The number of carboxylic acids is 1. The Balaban J connectivity index is 2.50. The van der Waals surface area contributed by atoms with E-state index in [0.717, 1.165) is 9.87 Å². The quantitative estimate of drug-likeness (QED) is 0.920. The van der Waals surface area contributed by atoms with Crippen LogP contribution in [0.1, 0.15) is 24.0 Å². The molecule has 1 aromatic rings. The standard InChI is InChI=1S/C14H17NO4S/c1-3-11-9-10(2)6-7-13(11)20(18,19)15-8-4-5-12(15)14(16)17/h3,6-7,9,12H,1,4-5,8H2,2H3,(H,16,17)/t12-/m0/s1. The zero-order valence-corrected chi connectivity index (χ0v) is 12.1. The number of hydrogen-bond acceptors (Lipinski definition) is 3. The first-order valence-corrected chi connectivity index (χ1v) is 7.79. The lowest BCUT2D eigenvalue weighted by Gasteiger charge is -2.22. The van der Waals surface area contributed by atoms with Crippen molar-refractivity contribution in [2.45, 2.75) is 30.7 Å². The van der Waals surface area contributed by atoms with Gasteiger partial charge in [-0.1, -0.05) is 30.4 Å². The lowest BCUT2D eigenvalue weighted by atomic mass is 10.1. The maximum atomic E-state index is 12.7. The molecular formula is C14H17NO4S. The number of aliphatic carboxylic acids is 1. The maximum Gasteiger partial charge on any atom is 0.322 e. The summed E-state index contributed by atoms with van der Waals surface area (Å²) in [6.45, 7) is 5.73. The molecule has 0 saturated carbocycles. The first kappa shape index (κ1) is 14.7. The minimum absolute atomic E-state index is 0.117. The molecule has 5 nitrogen and oxygen atoms in total. The van der Waals surface area contributed by atoms with Crippen molar-refractivity contribution in [3.05, 3.63) is 35.9 Å². The largest absolute Gasteiger partial charge is 0.480 e. The molecule has 1 fully saturated rings. The lowest BCUT2D eigenvalue weighted by Crippen LogP contribution is -2.40. The molecule has 1 N–H and O–H groups in total. The first-order chi connectivity index (χ1) is 9.37. The second-order valence-electron chi connectivity index (χ2n) is 4.86. The number of carbonyl (C=O) groups is 1. The van der Waals surface area contributed by atoms with Gasteiger partial charge < -0.3 is 5.11 Å². The molecule has 0 aromatic heterocycles. The molecule has 0 spiro atoms. The average Bonchev–Trinajstić information content (AvgIpc) is 2.88. The van der Waals surface area contributed by atoms with E-state index >= 15 is 0 Å². The number of aryl methyl sites for hydroxylation is 1. The Kier molecular flexibility index (Phi) is 3.96. The molecule has 0 radical (unpaired) electrons. The van der Waals surface area contributed by atoms with Crippen molar-refractivity contribution in [1.82, 2.24) is 4.31 Å². The molecule has 2 rings (SSSR count). The van der Waals surface area contributed by atoms with E-state index in [1.807, 2.05) is 6.92 Å². The number of nitrogens with zero attached hydrogens (tertiary/aromatic N) is 1. The van der Waals surface area contributed by atoms with Crippen LogP contribution in [0.4, 0.5) is 0 Å². The molecule has 108 valence electrons. The van der Waals surface area contributed by atoms with Crippen molar-refractivity contribution in [2.75, 3.05) is 6.54 Å². The highest BCUT2D eigenvalue weighted by Crippen LogP contribution is 2.29. The summed E-state index contributed by atoms with van der Waals surface area (Å²) < 4.78 is 26.4. The molecule has 0 aliphatic carbocycles. The third-order valence-electron chi connectivity index (χ3n) is 3.46. The van der Waals surface area contributed by atoms with Gasteiger partial charge in [0.1, 0.15) is 6.04 Å². The molecule has 1 aromatic carbocycles. The molecule has 1 heterocycles. The smallest absolute Gasteiger partial charge is 0.322 e. The molecule has 0 unspecified atom stereocenters. The number of hydrogen-bond donors (Lipinski definition) is 1. The average molecular weight is 295 g/mol. The molecule has 1 saturated heterocycles. The fraction of sp³-hybridized carbons (Fsp3) is 0.357. The summed E-state index contributed by atoms with van der Waals surface area (Å²) in [4.78, 5) is 11.3. The molecule has 20 heavy (non-hydrogen) atoms. The predicted molar refractivity (Wildman–Crippen MR) is 75.8 cm³/mol. The molecule has 1 aliphatic rings. The van der Waals surface area contributed by atoms with Crippen molar-refractivity contribution >= 4 is 22.1 Å². The summed E-state index contributed by atoms with van der Waals surface area (Å²) in [5.41, 5.74) is 1.43. The van der Waals surface area contributed by atoms with Crippen LogP contribution in [0.15, 0.2) is 29.7 Å². The van der Waals surface area contributed by atoms with Crippen LogP contribution in [0.3, 0.4) is 0 Å². The van der Waals surface area contributed by atoms with Crippen LogP contribution in [0.2, 0.25) is 0 Å². The Labute approximate surface area is 118 Å². The van der Waals surface area contributed by atoms with Crippen LogP contribution in [0.25, 0.3) is 6.08 Å². The summed E-state index contributed by atoms with van der Waals surface area (Å²) in [5, 5.41) is 9.14. The van der Waals surface area contributed by atoms with Gasteiger partial charge in [0.05, 0.1) is 4.90 Å². The summed E-state index contributed by atoms with van der Waals surface area (Å²) in [6.07, 6.45) is 2.39. The Hall–Kier alpha value is -1.66. The van der Waals surface area contributed by atoms with Gasteiger partial charge in [0, 0.05) is 6.54 Å². The Bertz CT molecular complexity index is 651. The highest BCUT2D eigenvalue weighted by Gasteiger charge is 2.40. The fourth-order valence-electron chi connectivity index (χ4n) is 2.46. The molecule has 0 bridgehead atoms. The summed E-state index contributed by atoms with van der Waals surface area (Å²) in [5.74, 6) is -1.10. The van der Waals surface area contributed by atoms with E-state index in [2.05, 4.69) is 6.58 Å². The second-order valence-corrected chi connectivity index (χ2v) is 6.72. The van der Waals surface area contributed by atoms with Gasteiger partial charge in [0.2, 0.25) is 10.0 Å². The third kappa shape index (κ3) is 2.48. The van der Waals surface area contributed by atoms with E-state index in [0.29, 0.717) is 18.4 Å². The van der Waals surface area contributed by atoms with Crippen LogP contribution in [0.5, 0.6) is 0 Å². The molecular weight excluding hydrogens is 278 g/mol. The van der Waals surface area contributed by atoms with Crippen molar-refractivity contribution in [3.63, 3.8) is 0 Å². The van der Waals surface area contributed by atoms with Crippen molar-refractivity contribution < 1.29 is 18.3 Å². The van der Waals surface area contributed by atoms with Crippen LogP contribution in [-0.2, 0) is 14.8 Å². The van der Waals surface area contributed by atoms with E-state index in [9.17, 15) is 13.2 Å². The zero-order chi connectivity index (χ0) is 14.9. The van der Waals surface area contributed by atoms with Crippen LogP contribution in [-0.4, -0.2) is 36.4 Å². The molecule has 0 amide bonds. The van der Waals surface area contributed by atoms with E-state index in [1.165, 1.54) is 12.1 Å². The Morgan fingerprint density at radius 3 is 2.80 bits per heavy atom. The van der Waals surface area contributed by atoms with Crippen molar-refractivity contribution in [1.29, 1.82) is 0 Å². The Morgan fingerprint density at radius 2 is 2.20 bits per heavy atom. The van der Waals surface area contributed by atoms with Gasteiger partial charge >= 0.3 is 5.97 Å². The molecule has 1 aliphatic heterocycles. The topological polar surface area (TPSA) is 74.7 Å². The van der Waals surface area contributed by atoms with Crippen LogP contribution < -0.4 is 0 Å². The molecule has 1 atom stereocenters. The van der Waals surface area contributed by atoms with Gasteiger partial charge in [-0.3, -0.25) is 4.79 Å². The number of sulfonamides is 1. The minimum atomic E-state index is -3.81. The van der Waals surface area contributed by atoms with Crippen LogP contribution in [0, 0.1) is 6.92 Å². The zero-order valence-electron chi connectivity index (χ0n) is 11.2. The number of benzene rings is 1. The first-order valence-electron chi connectivity index (χ1n) is 6.35. The van der Waals surface area contributed by atoms with Crippen LogP contribution >= 0.6 is 0 Å². The summed E-state index contributed by atoms with van der Waals surface area (Å²) in [6, 6.07) is 3.97. The monoisotopic (exact) mass is 295 g/mol. The lowest BCUT2D eigenvalue weighted by molar-refractivity contribution is -0.140. The van der Waals surface area contributed by atoms with E-state index in [4.69, 9.17) is 5.11 Å². The third-order valence-corrected chi connectivity index (χ3v) is 5.44. The van der Waals surface area contributed by atoms with Gasteiger partial charge in [0.15, 0.2) is 0 Å². The minimum Gasteiger partial charge on any atom is -0.480 e. The summed E-state index contributed by atoms with van der Waals surface area (Å²) in [7, 11) is -3.81. The van der Waals surface area contributed by atoms with Gasteiger partial charge in [-0.25, -0.2) is 8.42 Å². The van der Waals surface area contributed by atoms with E-state index in [-0.39, 0.29) is 11.4 Å². The van der Waals surface area contributed by atoms with Gasteiger partial charge in [-0.15, -0.1) is 0 Å². The second kappa shape index (κ2) is 5.38. The fourth-order valence-corrected chi connectivity index (χ4v) is 4.30. The van der Waals surface area contributed by atoms with Gasteiger partial charge in [-0.05, 0) is 31.4 Å². The normalized spacial score (nSPS) is 19.9. The maximum absolute atomic E-state index is 12.7. The SMILES string of the molecule is C=Cc1cc(C)ccc1S(=O)(=O)N1CCC[C@H]1C(=O)O. The summed E-state index contributed by atoms with van der Waals surface area (Å²) >= 11 is 0. The Morgan fingerprint density at radius 1 is 1.50 bits per heavy atom. The highest BCUT2D eigenvalue weighted by atomic mass is 32.2. The van der Waals surface area contributed by atoms with Gasteiger partial charge in [-0.2, -0.15) is 4.31 Å². The predicted octanol–water partition coefficient (Wildman–Crippen LogP) is 1.88. The van der Waals surface area contributed by atoms with Crippen molar-refractivity contribution in [2.24, 2.45) is 0 Å². The van der Waals surface area contributed by atoms with E-state index < -0.39 is 22.0 Å². The molecule has 6 heteroatoms.